The molecule has 1 fully saturated rings. The quantitative estimate of drug-likeness (QED) is 0.716. The number of para-hydroxylation sites is 1. The second-order valence-corrected chi connectivity index (χ2v) is 4.96. The highest BCUT2D eigenvalue weighted by molar-refractivity contribution is 5.97. The van der Waals surface area contributed by atoms with E-state index in [1.165, 1.54) is 32.1 Å². The van der Waals surface area contributed by atoms with Crippen LogP contribution in [0.15, 0.2) is 18.2 Å². The van der Waals surface area contributed by atoms with Crippen molar-refractivity contribution in [3.8, 4) is 0 Å². The Morgan fingerprint density at radius 1 is 1.33 bits per heavy atom. The lowest BCUT2D eigenvalue weighted by Gasteiger charge is -2.23. The number of nitrogen functional groups attached to an aromatic ring is 1. The van der Waals surface area contributed by atoms with E-state index in [1.807, 2.05) is 0 Å². The molecular formula is C14H20N2O2. The van der Waals surface area contributed by atoms with Gasteiger partial charge >= 0.3 is 5.97 Å². The highest BCUT2D eigenvalue weighted by Gasteiger charge is 2.16. The molecular weight excluding hydrogens is 228 g/mol. The molecule has 98 valence electrons. The standard InChI is InChI=1S/C14H20N2O2/c15-12-8-4-7-11(14(17)18)13(12)16-9-10-5-2-1-3-6-10/h4,7-8,10,16H,1-3,5-6,9,15H2,(H,17,18). The first kappa shape index (κ1) is 12.7. The van der Waals surface area contributed by atoms with Crippen LogP contribution in [0, 0.1) is 5.92 Å². The Labute approximate surface area is 107 Å². The summed E-state index contributed by atoms with van der Waals surface area (Å²) in [6, 6.07) is 4.99. The van der Waals surface area contributed by atoms with E-state index in [9.17, 15) is 4.79 Å². The van der Waals surface area contributed by atoms with Crippen molar-refractivity contribution in [2.45, 2.75) is 32.1 Å². The molecule has 0 aromatic heterocycles. The third-order valence-electron chi connectivity index (χ3n) is 3.62. The van der Waals surface area contributed by atoms with Gasteiger partial charge in [0.05, 0.1) is 16.9 Å². The minimum atomic E-state index is -0.937. The summed E-state index contributed by atoms with van der Waals surface area (Å²) in [5.74, 6) is -0.298. The Morgan fingerprint density at radius 2 is 2.06 bits per heavy atom. The molecule has 4 heteroatoms. The molecule has 2 rings (SSSR count). The van der Waals surface area contributed by atoms with Gasteiger partial charge in [-0.1, -0.05) is 25.3 Å². The van der Waals surface area contributed by atoms with Crippen molar-refractivity contribution in [2.24, 2.45) is 5.92 Å². The van der Waals surface area contributed by atoms with Crippen molar-refractivity contribution < 1.29 is 9.90 Å². The number of carbonyl (C=O) groups is 1. The number of nitrogens with two attached hydrogens (primary N) is 1. The zero-order valence-electron chi connectivity index (χ0n) is 10.5. The molecule has 1 saturated carbocycles. The molecule has 4 nitrogen and oxygen atoms in total. The van der Waals surface area contributed by atoms with E-state index in [-0.39, 0.29) is 5.56 Å². The smallest absolute Gasteiger partial charge is 0.337 e. The lowest BCUT2D eigenvalue weighted by Crippen LogP contribution is -2.19. The molecule has 0 amide bonds. The first-order chi connectivity index (χ1) is 8.68. The summed E-state index contributed by atoms with van der Waals surface area (Å²) < 4.78 is 0. The Balaban J connectivity index is 2.05. The van der Waals surface area contributed by atoms with Crippen LogP contribution in [0.4, 0.5) is 11.4 Å². The molecule has 18 heavy (non-hydrogen) atoms. The third-order valence-corrected chi connectivity index (χ3v) is 3.62. The monoisotopic (exact) mass is 248 g/mol. The average Bonchev–Trinajstić information content (AvgIpc) is 2.38. The summed E-state index contributed by atoms with van der Waals surface area (Å²) in [4.78, 5) is 11.1. The fourth-order valence-corrected chi connectivity index (χ4v) is 2.58. The Morgan fingerprint density at radius 3 is 2.72 bits per heavy atom. The van der Waals surface area contributed by atoms with E-state index in [2.05, 4.69) is 5.32 Å². The number of hydrogen-bond donors (Lipinski definition) is 3. The molecule has 1 aliphatic rings. The first-order valence-electron chi connectivity index (χ1n) is 6.54. The summed E-state index contributed by atoms with van der Waals surface area (Å²) in [6.45, 7) is 0.814. The van der Waals surface area contributed by atoms with E-state index in [0.717, 1.165) is 6.54 Å². The molecule has 1 aromatic rings. The molecule has 0 radical (unpaired) electrons. The topological polar surface area (TPSA) is 75.4 Å². The van der Waals surface area contributed by atoms with Crippen LogP contribution >= 0.6 is 0 Å². The van der Waals surface area contributed by atoms with Gasteiger partial charge in [0, 0.05) is 6.54 Å². The summed E-state index contributed by atoms with van der Waals surface area (Å²) in [6.07, 6.45) is 6.33. The van der Waals surface area contributed by atoms with Gasteiger partial charge in [0.15, 0.2) is 0 Å². The molecule has 0 unspecified atom stereocenters. The van der Waals surface area contributed by atoms with E-state index < -0.39 is 5.97 Å². The largest absolute Gasteiger partial charge is 0.478 e. The minimum absolute atomic E-state index is 0.255. The fraction of sp³-hybridized carbons (Fsp3) is 0.500. The molecule has 0 atom stereocenters. The minimum Gasteiger partial charge on any atom is -0.478 e. The van der Waals surface area contributed by atoms with E-state index in [1.54, 1.807) is 18.2 Å². The van der Waals surface area contributed by atoms with Gasteiger partial charge in [0.1, 0.15) is 0 Å². The van der Waals surface area contributed by atoms with Crippen LogP contribution in [0.2, 0.25) is 0 Å². The van der Waals surface area contributed by atoms with E-state index in [4.69, 9.17) is 10.8 Å². The summed E-state index contributed by atoms with van der Waals surface area (Å²) in [5, 5.41) is 12.4. The van der Waals surface area contributed by atoms with Crippen LogP contribution in [-0.4, -0.2) is 17.6 Å². The van der Waals surface area contributed by atoms with Crippen molar-refractivity contribution in [1.29, 1.82) is 0 Å². The lowest BCUT2D eigenvalue weighted by molar-refractivity contribution is 0.0698. The number of carboxylic acid groups (broad SMARTS) is 1. The van der Waals surface area contributed by atoms with Gasteiger partial charge in [-0.3, -0.25) is 0 Å². The SMILES string of the molecule is Nc1cccc(C(=O)O)c1NCC1CCCCC1. The van der Waals surface area contributed by atoms with Gasteiger partial charge < -0.3 is 16.2 Å². The van der Waals surface area contributed by atoms with Crippen LogP contribution in [-0.2, 0) is 0 Å². The molecule has 0 saturated heterocycles. The second-order valence-electron chi connectivity index (χ2n) is 4.96. The van der Waals surface area contributed by atoms with Crippen molar-refractivity contribution in [1.82, 2.24) is 0 Å². The fourth-order valence-electron chi connectivity index (χ4n) is 2.58. The predicted molar refractivity (Wildman–Crippen MR) is 72.9 cm³/mol. The van der Waals surface area contributed by atoms with Crippen molar-refractivity contribution in [2.75, 3.05) is 17.6 Å². The highest BCUT2D eigenvalue weighted by atomic mass is 16.4. The number of rotatable bonds is 4. The second kappa shape index (κ2) is 5.76. The molecule has 1 aromatic carbocycles. The number of aromatic carboxylic acids is 1. The number of carboxylic acids is 1. The predicted octanol–water partition coefficient (Wildman–Crippen LogP) is 2.96. The molecule has 1 aliphatic carbocycles. The molecule has 0 aliphatic heterocycles. The first-order valence-corrected chi connectivity index (χ1v) is 6.54. The Bertz CT molecular complexity index is 426. The van der Waals surface area contributed by atoms with Crippen molar-refractivity contribution in [3.05, 3.63) is 23.8 Å². The maximum absolute atomic E-state index is 11.1. The molecule has 0 bridgehead atoms. The average molecular weight is 248 g/mol. The van der Waals surface area contributed by atoms with Gasteiger partial charge in [0.2, 0.25) is 0 Å². The highest BCUT2D eigenvalue weighted by Crippen LogP contribution is 2.27. The van der Waals surface area contributed by atoms with Crippen molar-refractivity contribution >= 4 is 17.3 Å². The number of nitrogens with one attached hydrogen (secondary N) is 1. The third kappa shape index (κ3) is 2.94. The molecule has 0 spiro atoms. The van der Waals surface area contributed by atoms with Crippen molar-refractivity contribution in [3.63, 3.8) is 0 Å². The van der Waals surface area contributed by atoms with Gasteiger partial charge in [-0.05, 0) is 30.9 Å². The molecule has 0 heterocycles. The van der Waals surface area contributed by atoms with Crippen LogP contribution < -0.4 is 11.1 Å². The van der Waals surface area contributed by atoms with Gasteiger partial charge in [-0.15, -0.1) is 0 Å². The van der Waals surface area contributed by atoms with Crippen LogP contribution in [0.5, 0.6) is 0 Å². The van der Waals surface area contributed by atoms with Crippen LogP contribution in [0.25, 0.3) is 0 Å². The maximum atomic E-state index is 11.1. The van der Waals surface area contributed by atoms with Gasteiger partial charge in [-0.2, -0.15) is 0 Å². The van der Waals surface area contributed by atoms with Crippen LogP contribution in [0.3, 0.4) is 0 Å². The van der Waals surface area contributed by atoms with Gasteiger partial charge in [-0.25, -0.2) is 4.79 Å². The zero-order chi connectivity index (χ0) is 13.0. The van der Waals surface area contributed by atoms with Crippen LogP contribution in [0.1, 0.15) is 42.5 Å². The summed E-state index contributed by atoms with van der Waals surface area (Å²) in [7, 11) is 0. The van der Waals surface area contributed by atoms with Gasteiger partial charge in [0.25, 0.3) is 0 Å². The number of hydrogen-bond acceptors (Lipinski definition) is 3. The summed E-state index contributed by atoms with van der Waals surface area (Å²) >= 11 is 0. The van der Waals surface area contributed by atoms with E-state index >= 15 is 0 Å². The normalized spacial score (nSPS) is 16.4. The Hall–Kier alpha value is -1.71. The summed E-state index contributed by atoms with van der Waals surface area (Å²) in [5.41, 5.74) is 7.17. The number of anilines is 2. The number of benzene rings is 1. The molecule has 4 N–H and O–H groups in total. The zero-order valence-corrected chi connectivity index (χ0v) is 10.5. The maximum Gasteiger partial charge on any atom is 0.337 e. The Kier molecular flexibility index (Phi) is 4.07. The lowest BCUT2D eigenvalue weighted by atomic mass is 9.89. The van der Waals surface area contributed by atoms with E-state index in [0.29, 0.717) is 17.3 Å².